The Morgan fingerprint density at radius 1 is 1.85 bits per heavy atom. The molecule has 1 aromatic rings. The van der Waals surface area contributed by atoms with Crippen molar-refractivity contribution in [3.05, 3.63) is 18.0 Å². The van der Waals surface area contributed by atoms with E-state index in [1.807, 2.05) is 0 Å². The van der Waals surface area contributed by atoms with Crippen molar-refractivity contribution in [3.8, 4) is 0 Å². The topological polar surface area (TPSA) is 75.0 Å². The SMILES string of the molecule is C[C@@H](N)C(=O)N(C)Cc1cn[nH]c1. The number of carbonyl (C=O) groups is 1. The van der Waals surface area contributed by atoms with Gasteiger partial charge in [-0.1, -0.05) is 0 Å². The molecule has 0 fully saturated rings. The van der Waals surface area contributed by atoms with Crippen molar-refractivity contribution < 1.29 is 4.79 Å². The zero-order valence-corrected chi connectivity index (χ0v) is 7.82. The van der Waals surface area contributed by atoms with Crippen molar-refractivity contribution in [1.29, 1.82) is 0 Å². The highest BCUT2D eigenvalue weighted by Gasteiger charge is 2.13. The van der Waals surface area contributed by atoms with E-state index < -0.39 is 6.04 Å². The van der Waals surface area contributed by atoms with Gasteiger partial charge in [0, 0.05) is 25.4 Å². The molecule has 0 aliphatic heterocycles. The summed E-state index contributed by atoms with van der Waals surface area (Å²) in [7, 11) is 1.72. The Bertz CT molecular complexity index is 268. The van der Waals surface area contributed by atoms with Crippen molar-refractivity contribution in [2.45, 2.75) is 19.5 Å². The van der Waals surface area contributed by atoms with Gasteiger partial charge < -0.3 is 10.6 Å². The first-order chi connectivity index (χ1) is 6.11. The Balaban J connectivity index is 2.51. The third-order valence-corrected chi connectivity index (χ3v) is 1.74. The molecule has 0 radical (unpaired) electrons. The second kappa shape index (κ2) is 4.04. The zero-order chi connectivity index (χ0) is 9.84. The maximum Gasteiger partial charge on any atom is 0.239 e. The van der Waals surface area contributed by atoms with E-state index in [2.05, 4.69) is 10.2 Å². The molecule has 0 unspecified atom stereocenters. The predicted molar refractivity (Wildman–Crippen MR) is 48.7 cm³/mol. The number of nitrogens with two attached hydrogens (primary N) is 1. The second-order valence-electron chi connectivity index (χ2n) is 3.09. The molecule has 13 heavy (non-hydrogen) atoms. The van der Waals surface area contributed by atoms with Crippen LogP contribution in [0.2, 0.25) is 0 Å². The van der Waals surface area contributed by atoms with E-state index in [0.717, 1.165) is 5.56 Å². The predicted octanol–water partition coefficient (Wildman–Crippen LogP) is -0.285. The summed E-state index contributed by atoms with van der Waals surface area (Å²) in [6, 6.07) is -0.447. The maximum atomic E-state index is 11.3. The van der Waals surface area contributed by atoms with E-state index in [1.165, 1.54) is 0 Å². The molecule has 5 heteroatoms. The van der Waals surface area contributed by atoms with Crippen LogP contribution in [-0.4, -0.2) is 34.1 Å². The highest BCUT2D eigenvalue weighted by atomic mass is 16.2. The summed E-state index contributed by atoms with van der Waals surface area (Å²) in [5.74, 6) is -0.0683. The molecule has 72 valence electrons. The second-order valence-corrected chi connectivity index (χ2v) is 3.09. The fraction of sp³-hybridized carbons (Fsp3) is 0.500. The van der Waals surface area contributed by atoms with Crippen LogP contribution in [0.5, 0.6) is 0 Å². The van der Waals surface area contributed by atoms with E-state index in [1.54, 1.807) is 31.3 Å². The number of hydrogen-bond donors (Lipinski definition) is 2. The van der Waals surface area contributed by atoms with Crippen LogP contribution in [0.4, 0.5) is 0 Å². The Morgan fingerprint density at radius 2 is 2.54 bits per heavy atom. The number of likely N-dealkylation sites (N-methyl/N-ethyl adjacent to an activating group) is 1. The third-order valence-electron chi connectivity index (χ3n) is 1.74. The molecule has 0 aromatic carbocycles. The number of H-pyrrole nitrogens is 1. The summed E-state index contributed by atoms with van der Waals surface area (Å²) in [6.07, 6.45) is 3.44. The highest BCUT2D eigenvalue weighted by Crippen LogP contribution is 2.00. The first-order valence-electron chi connectivity index (χ1n) is 4.09. The lowest BCUT2D eigenvalue weighted by molar-refractivity contribution is -0.131. The Kier molecular flexibility index (Phi) is 3.02. The number of carbonyl (C=O) groups excluding carboxylic acids is 1. The number of hydrogen-bond acceptors (Lipinski definition) is 3. The van der Waals surface area contributed by atoms with Crippen LogP contribution in [-0.2, 0) is 11.3 Å². The minimum atomic E-state index is -0.447. The van der Waals surface area contributed by atoms with Crippen LogP contribution in [0.15, 0.2) is 12.4 Å². The summed E-state index contributed by atoms with van der Waals surface area (Å²) < 4.78 is 0. The average Bonchev–Trinajstić information content (AvgIpc) is 2.55. The summed E-state index contributed by atoms with van der Waals surface area (Å²) in [5.41, 5.74) is 6.42. The van der Waals surface area contributed by atoms with Crippen molar-refractivity contribution in [2.75, 3.05) is 7.05 Å². The third kappa shape index (κ3) is 2.55. The van der Waals surface area contributed by atoms with Gasteiger partial charge in [0.1, 0.15) is 0 Å². The zero-order valence-electron chi connectivity index (χ0n) is 7.82. The standard InChI is InChI=1S/C8H14N4O/c1-6(9)8(13)12(2)5-7-3-10-11-4-7/h3-4,6H,5,9H2,1-2H3,(H,10,11)/t6-/m1/s1. The number of nitrogens with one attached hydrogen (secondary N) is 1. The van der Waals surface area contributed by atoms with Crippen LogP contribution in [0.3, 0.4) is 0 Å². The minimum absolute atomic E-state index is 0.0683. The molecule has 0 aliphatic rings. The van der Waals surface area contributed by atoms with Gasteiger partial charge in [-0.3, -0.25) is 9.89 Å². The lowest BCUT2D eigenvalue weighted by Gasteiger charge is -2.18. The lowest BCUT2D eigenvalue weighted by Crippen LogP contribution is -2.39. The van der Waals surface area contributed by atoms with E-state index in [-0.39, 0.29) is 5.91 Å². The van der Waals surface area contributed by atoms with Crippen LogP contribution < -0.4 is 5.73 Å². The molecule has 1 heterocycles. The van der Waals surface area contributed by atoms with Gasteiger partial charge in [-0.2, -0.15) is 5.10 Å². The minimum Gasteiger partial charge on any atom is -0.340 e. The molecule has 0 spiro atoms. The first kappa shape index (κ1) is 9.73. The fourth-order valence-electron chi connectivity index (χ4n) is 1.06. The van der Waals surface area contributed by atoms with Crippen molar-refractivity contribution >= 4 is 5.91 Å². The number of rotatable bonds is 3. The molecular weight excluding hydrogens is 168 g/mol. The summed E-state index contributed by atoms with van der Waals surface area (Å²) in [5, 5.41) is 6.47. The van der Waals surface area contributed by atoms with Gasteiger partial charge in [0.25, 0.3) is 0 Å². The first-order valence-corrected chi connectivity index (χ1v) is 4.09. The maximum absolute atomic E-state index is 11.3. The Morgan fingerprint density at radius 3 is 3.00 bits per heavy atom. The summed E-state index contributed by atoms with van der Waals surface area (Å²) >= 11 is 0. The van der Waals surface area contributed by atoms with E-state index in [4.69, 9.17) is 5.73 Å². The number of aromatic amines is 1. The van der Waals surface area contributed by atoms with Crippen LogP contribution in [0, 0.1) is 0 Å². The van der Waals surface area contributed by atoms with Gasteiger partial charge in [-0.05, 0) is 6.92 Å². The molecule has 0 saturated heterocycles. The van der Waals surface area contributed by atoms with Crippen LogP contribution >= 0.6 is 0 Å². The van der Waals surface area contributed by atoms with E-state index in [9.17, 15) is 4.79 Å². The van der Waals surface area contributed by atoms with Gasteiger partial charge in [-0.15, -0.1) is 0 Å². The van der Waals surface area contributed by atoms with Crippen LogP contribution in [0.1, 0.15) is 12.5 Å². The van der Waals surface area contributed by atoms with Crippen molar-refractivity contribution in [1.82, 2.24) is 15.1 Å². The van der Waals surface area contributed by atoms with Crippen LogP contribution in [0.25, 0.3) is 0 Å². The molecule has 1 aromatic heterocycles. The summed E-state index contributed by atoms with van der Waals surface area (Å²) in [4.78, 5) is 12.9. The smallest absolute Gasteiger partial charge is 0.239 e. The monoisotopic (exact) mass is 182 g/mol. The molecule has 0 saturated carbocycles. The van der Waals surface area contributed by atoms with Gasteiger partial charge in [0.15, 0.2) is 0 Å². The molecule has 0 bridgehead atoms. The number of nitrogens with zero attached hydrogens (tertiary/aromatic N) is 2. The molecule has 5 nitrogen and oxygen atoms in total. The lowest BCUT2D eigenvalue weighted by atomic mass is 10.3. The van der Waals surface area contributed by atoms with E-state index in [0.29, 0.717) is 6.54 Å². The summed E-state index contributed by atoms with van der Waals surface area (Å²) in [6.45, 7) is 2.21. The largest absolute Gasteiger partial charge is 0.340 e. The average molecular weight is 182 g/mol. The van der Waals surface area contributed by atoms with Gasteiger partial charge in [-0.25, -0.2) is 0 Å². The van der Waals surface area contributed by atoms with E-state index >= 15 is 0 Å². The number of aromatic nitrogens is 2. The quantitative estimate of drug-likeness (QED) is 0.674. The normalized spacial score (nSPS) is 12.5. The van der Waals surface area contributed by atoms with Gasteiger partial charge in [0.05, 0.1) is 12.2 Å². The fourth-order valence-corrected chi connectivity index (χ4v) is 1.06. The molecule has 3 N–H and O–H groups in total. The molecule has 1 atom stereocenters. The van der Waals surface area contributed by atoms with Crippen molar-refractivity contribution in [3.63, 3.8) is 0 Å². The molecule has 1 amide bonds. The molecule has 0 aliphatic carbocycles. The van der Waals surface area contributed by atoms with Gasteiger partial charge in [0.2, 0.25) is 5.91 Å². The van der Waals surface area contributed by atoms with Crippen molar-refractivity contribution in [2.24, 2.45) is 5.73 Å². The number of amides is 1. The molecule has 1 rings (SSSR count). The highest BCUT2D eigenvalue weighted by molar-refractivity contribution is 5.80. The Hall–Kier alpha value is -1.36. The molecular formula is C8H14N4O. The van der Waals surface area contributed by atoms with Gasteiger partial charge >= 0.3 is 0 Å². The Labute approximate surface area is 76.9 Å².